The van der Waals surface area contributed by atoms with Gasteiger partial charge in [0.2, 0.25) is 0 Å². The molecule has 1 aliphatic carbocycles. The maximum Gasteiger partial charge on any atom is 0.0931 e. The van der Waals surface area contributed by atoms with Crippen LogP contribution in [0.4, 0.5) is 5.69 Å². The van der Waals surface area contributed by atoms with Crippen LogP contribution in [0.25, 0.3) is 0 Å². The van der Waals surface area contributed by atoms with Crippen molar-refractivity contribution in [2.24, 2.45) is 0 Å². The summed E-state index contributed by atoms with van der Waals surface area (Å²) in [6, 6.07) is 4.72. The van der Waals surface area contributed by atoms with Crippen molar-refractivity contribution < 1.29 is 5.11 Å². The lowest BCUT2D eigenvalue weighted by atomic mass is 10.2. The average Bonchev–Trinajstić information content (AvgIpc) is 3.10. The highest BCUT2D eigenvalue weighted by molar-refractivity contribution is 5.47. The van der Waals surface area contributed by atoms with Crippen molar-refractivity contribution in [3.8, 4) is 0 Å². The molecule has 88 valence electrons. The minimum Gasteiger partial charge on any atom is -0.387 e. The van der Waals surface area contributed by atoms with Crippen LogP contribution in [-0.2, 0) is 0 Å². The predicted octanol–water partition coefficient (Wildman–Crippen LogP) is 2.51. The van der Waals surface area contributed by atoms with Crippen LogP contribution >= 0.6 is 0 Å². The first-order valence-corrected chi connectivity index (χ1v) is 6.13. The molecule has 0 unspecified atom stereocenters. The standard InChI is InChI=1S/C13H20N2O/c1-3-8-15(11-4-5-11)12-6-7-13(10(2)16)14-9-12/h6-7,9-11,16H,3-5,8H2,1-2H3/t10-/m0/s1. The first-order valence-electron chi connectivity index (χ1n) is 6.13. The van der Waals surface area contributed by atoms with E-state index in [0.717, 1.165) is 24.7 Å². The Kier molecular flexibility index (Phi) is 3.44. The lowest BCUT2D eigenvalue weighted by molar-refractivity contribution is 0.194. The maximum absolute atomic E-state index is 9.40. The van der Waals surface area contributed by atoms with Crippen LogP contribution in [0.2, 0.25) is 0 Å². The van der Waals surface area contributed by atoms with E-state index in [1.54, 1.807) is 6.92 Å². The number of anilines is 1. The van der Waals surface area contributed by atoms with Gasteiger partial charge in [-0.05, 0) is 38.3 Å². The summed E-state index contributed by atoms with van der Waals surface area (Å²) in [5.41, 5.74) is 1.93. The molecule has 0 spiro atoms. The molecule has 3 heteroatoms. The van der Waals surface area contributed by atoms with Crippen LogP contribution in [0.3, 0.4) is 0 Å². The first kappa shape index (κ1) is 11.4. The molecule has 0 amide bonds. The van der Waals surface area contributed by atoms with Gasteiger partial charge in [-0.15, -0.1) is 0 Å². The van der Waals surface area contributed by atoms with Gasteiger partial charge in [0.25, 0.3) is 0 Å². The number of rotatable bonds is 5. The van der Waals surface area contributed by atoms with Gasteiger partial charge in [0.1, 0.15) is 0 Å². The Labute approximate surface area is 97.1 Å². The molecule has 1 N–H and O–H groups in total. The summed E-state index contributed by atoms with van der Waals surface area (Å²) in [7, 11) is 0. The fraction of sp³-hybridized carbons (Fsp3) is 0.615. The van der Waals surface area contributed by atoms with Gasteiger partial charge in [0.15, 0.2) is 0 Å². The Morgan fingerprint density at radius 1 is 1.50 bits per heavy atom. The number of hydrogen-bond donors (Lipinski definition) is 1. The Morgan fingerprint density at radius 3 is 2.69 bits per heavy atom. The lowest BCUT2D eigenvalue weighted by Gasteiger charge is -2.23. The van der Waals surface area contributed by atoms with Crippen LogP contribution in [-0.4, -0.2) is 22.7 Å². The molecule has 1 heterocycles. The van der Waals surface area contributed by atoms with Crippen LogP contribution < -0.4 is 4.90 Å². The number of pyridine rings is 1. The minimum atomic E-state index is -0.477. The fourth-order valence-corrected chi connectivity index (χ4v) is 1.96. The second-order valence-corrected chi connectivity index (χ2v) is 4.54. The van der Waals surface area contributed by atoms with E-state index in [-0.39, 0.29) is 0 Å². The van der Waals surface area contributed by atoms with Crippen LogP contribution in [0.5, 0.6) is 0 Å². The molecule has 1 aliphatic rings. The van der Waals surface area contributed by atoms with E-state index in [9.17, 15) is 5.11 Å². The predicted molar refractivity (Wildman–Crippen MR) is 65.5 cm³/mol. The zero-order chi connectivity index (χ0) is 11.5. The van der Waals surface area contributed by atoms with Gasteiger partial charge in [-0.1, -0.05) is 6.92 Å². The lowest BCUT2D eigenvalue weighted by Crippen LogP contribution is -2.26. The van der Waals surface area contributed by atoms with Crippen molar-refractivity contribution in [1.29, 1.82) is 0 Å². The largest absolute Gasteiger partial charge is 0.387 e. The number of aromatic nitrogens is 1. The summed E-state index contributed by atoms with van der Waals surface area (Å²) in [5.74, 6) is 0. The number of nitrogens with zero attached hydrogens (tertiary/aromatic N) is 2. The topological polar surface area (TPSA) is 36.4 Å². The molecule has 0 bridgehead atoms. The molecule has 1 aromatic rings. The zero-order valence-corrected chi connectivity index (χ0v) is 10.1. The second-order valence-electron chi connectivity index (χ2n) is 4.54. The molecule has 1 saturated carbocycles. The molecule has 16 heavy (non-hydrogen) atoms. The van der Waals surface area contributed by atoms with Gasteiger partial charge in [-0.3, -0.25) is 4.98 Å². The van der Waals surface area contributed by atoms with Crippen LogP contribution in [0.1, 0.15) is 44.9 Å². The molecule has 0 aliphatic heterocycles. The van der Waals surface area contributed by atoms with Crippen molar-refractivity contribution in [1.82, 2.24) is 4.98 Å². The summed E-state index contributed by atoms with van der Waals surface area (Å²) in [6.07, 6.45) is 5.18. The van der Waals surface area contributed by atoms with E-state index >= 15 is 0 Å². The molecule has 0 radical (unpaired) electrons. The molecule has 2 rings (SSSR count). The van der Waals surface area contributed by atoms with E-state index in [4.69, 9.17) is 0 Å². The van der Waals surface area contributed by atoms with Gasteiger partial charge < -0.3 is 10.0 Å². The van der Waals surface area contributed by atoms with Gasteiger partial charge in [-0.2, -0.15) is 0 Å². The van der Waals surface area contributed by atoms with Gasteiger partial charge in [0, 0.05) is 12.6 Å². The van der Waals surface area contributed by atoms with Gasteiger partial charge >= 0.3 is 0 Å². The summed E-state index contributed by atoms with van der Waals surface area (Å²) >= 11 is 0. The highest BCUT2D eigenvalue weighted by Gasteiger charge is 2.28. The number of aliphatic hydroxyl groups is 1. The summed E-state index contributed by atoms with van der Waals surface area (Å²) in [4.78, 5) is 6.73. The maximum atomic E-state index is 9.40. The molecule has 0 aromatic carbocycles. The third kappa shape index (κ3) is 2.53. The van der Waals surface area contributed by atoms with Crippen LogP contribution in [0, 0.1) is 0 Å². The highest BCUT2D eigenvalue weighted by atomic mass is 16.3. The number of aliphatic hydroxyl groups excluding tert-OH is 1. The Morgan fingerprint density at radius 2 is 2.25 bits per heavy atom. The monoisotopic (exact) mass is 220 g/mol. The summed E-state index contributed by atoms with van der Waals surface area (Å²) in [5, 5.41) is 9.40. The molecular weight excluding hydrogens is 200 g/mol. The van der Waals surface area contributed by atoms with Crippen molar-refractivity contribution >= 4 is 5.69 Å². The molecule has 0 saturated heterocycles. The number of hydrogen-bond acceptors (Lipinski definition) is 3. The first-order chi connectivity index (χ1) is 7.72. The molecular formula is C13H20N2O. The highest BCUT2D eigenvalue weighted by Crippen LogP contribution is 2.31. The van der Waals surface area contributed by atoms with Crippen molar-refractivity contribution in [3.05, 3.63) is 24.0 Å². The van der Waals surface area contributed by atoms with Crippen molar-refractivity contribution in [2.75, 3.05) is 11.4 Å². The van der Waals surface area contributed by atoms with E-state index in [1.165, 1.54) is 18.5 Å². The zero-order valence-electron chi connectivity index (χ0n) is 10.1. The third-order valence-electron chi connectivity index (χ3n) is 2.98. The Bertz CT molecular complexity index is 330. The fourth-order valence-electron chi connectivity index (χ4n) is 1.96. The molecule has 1 aromatic heterocycles. The van der Waals surface area contributed by atoms with E-state index in [2.05, 4.69) is 22.9 Å². The van der Waals surface area contributed by atoms with Crippen LogP contribution in [0.15, 0.2) is 18.3 Å². The Balaban J connectivity index is 2.11. The summed E-state index contributed by atoms with van der Waals surface area (Å²) in [6.45, 7) is 5.04. The van der Waals surface area contributed by atoms with E-state index in [0.29, 0.717) is 0 Å². The molecule has 1 atom stereocenters. The second kappa shape index (κ2) is 4.83. The molecule has 1 fully saturated rings. The minimum absolute atomic E-state index is 0.477. The SMILES string of the molecule is CCCN(c1ccc([C@H](C)O)nc1)C1CC1. The van der Waals surface area contributed by atoms with E-state index < -0.39 is 6.10 Å². The third-order valence-corrected chi connectivity index (χ3v) is 2.98. The average molecular weight is 220 g/mol. The summed E-state index contributed by atoms with van der Waals surface area (Å²) < 4.78 is 0. The van der Waals surface area contributed by atoms with Crippen molar-refractivity contribution in [2.45, 2.75) is 45.3 Å². The normalized spacial score (nSPS) is 17.2. The van der Waals surface area contributed by atoms with Crippen molar-refractivity contribution in [3.63, 3.8) is 0 Å². The molecule has 3 nitrogen and oxygen atoms in total. The van der Waals surface area contributed by atoms with E-state index in [1.807, 2.05) is 12.3 Å². The quantitative estimate of drug-likeness (QED) is 0.828. The van der Waals surface area contributed by atoms with Gasteiger partial charge in [-0.25, -0.2) is 0 Å². The van der Waals surface area contributed by atoms with Gasteiger partial charge in [0.05, 0.1) is 23.7 Å². The smallest absolute Gasteiger partial charge is 0.0931 e. The Hall–Kier alpha value is -1.09.